The van der Waals surface area contributed by atoms with Crippen molar-refractivity contribution in [3.8, 4) is 11.8 Å². The van der Waals surface area contributed by atoms with Gasteiger partial charge < -0.3 is 15.0 Å². The molecule has 0 aromatic heterocycles. The van der Waals surface area contributed by atoms with E-state index in [-0.39, 0.29) is 41.0 Å². The van der Waals surface area contributed by atoms with Crippen molar-refractivity contribution in [2.75, 3.05) is 31.6 Å². The lowest BCUT2D eigenvalue weighted by molar-refractivity contribution is -0.118. The summed E-state index contributed by atoms with van der Waals surface area (Å²) in [5.74, 6) is -4.53. The zero-order valence-electron chi connectivity index (χ0n) is 20.7. The minimum Gasteiger partial charge on any atom is -0.495 e. The molecule has 3 aromatic carbocycles. The summed E-state index contributed by atoms with van der Waals surface area (Å²) in [4.78, 5) is 27.8. The van der Waals surface area contributed by atoms with Crippen molar-refractivity contribution >= 4 is 17.5 Å². The summed E-state index contributed by atoms with van der Waals surface area (Å²) in [6.07, 6.45) is 0. The number of halogens is 3. The van der Waals surface area contributed by atoms with Gasteiger partial charge in [-0.05, 0) is 54.6 Å². The first kappa shape index (κ1) is 25.8. The lowest BCUT2D eigenvalue weighted by Crippen LogP contribution is -2.50. The van der Waals surface area contributed by atoms with Crippen molar-refractivity contribution in [1.82, 2.24) is 15.8 Å². The van der Waals surface area contributed by atoms with Gasteiger partial charge in [0.1, 0.15) is 23.3 Å². The summed E-state index contributed by atoms with van der Waals surface area (Å²) < 4.78 is 48.2. The minimum atomic E-state index is -3.35. The molecule has 11 heteroatoms. The molecule has 2 N–H and O–H groups in total. The van der Waals surface area contributed by atoms with Gasteiger partial charge in [0, 0.05) is 28.9 Å². The predicted molar refractivity (Wildman–Crippen MR) is 135 cm³/mol. The molecule has 39 heavy (non-hydrogen) atoms. The Morgan fingerprint density at radius 3 is 2.36 bits per heavy atom. The number of rotatable bonds is 6. The van der Waals surface area contributed by atoms with Crippen LogP contribution in [-0.2, 0) is 10.7 Å². The lowest BCUT2D eigenvalue weighted by atomic mass is 10.00. The van der Waals surface area contributed by atoms with Crippen LogP contribution in [0.5, 0.6) is 5.75 Å². The van der Waals surface area contributed by atoms with Crippen molar-refractivity contribution in [2.45, 2.75) is 5.92 Å². The zero-order chi connectivity index (χ0) is 27.7. The number of hydrogen-bond acceptors (Lipinski definition) is 6. The molecule has 0 aliphatic carbocycles. The highest BCUT2D eigenvalue weighted by atomic mass is 19.3. The molecule has 0 bridgehead atoms. The van der Waals surface area contributed by atoms with Gasteiger partial charge in [0.05, 0.1) is 31.5 Å². The number of amides is 2. The smallest absolute Gasteiger partial charge is 0.298 e. The average molecular weight is 534 g/mol. The summed E-state index contributed by atoms with van der Waals surface area (Å²) in [5.41, 5.74) is 3.84. The fourth-order valence-corrected chi connectivity index (χ4v) is 4.54. The van der Waals surface area contributed by atoms with Crippen LogP contribution >= 0.6 is 0 Å². The van der Waals surface area contributed by atoms with E-state index in [1.807, 2.05) is 6.07 Å². The van der Waals surface area contributed by atoms with E-state index in [0.29, 0.717) is 23.7 Å². The summed E-state index contributed by atoms with van der Waals surface area (Å²) in [5, 5.41) is 13.7. The van der Waals surface area contributed by atoms with Crippen LogP contribution in [-0.4, -0.2) is 43.6 Å². The number of piperazine rings is 1. The quantitative estimate of drug-likeness (QED) is 0.502. The maximum atomic E-state index is 15.0. The third-order valence-corrected chi connectivity index (χ3v) is 6.59. The molecule has 0 saturated carbocycles. The number of hydrogen-bond donors (Lipinski definition) is 2. The highest BCUT2D eigenvalue weighted by Gasteiger charge is 2.38. The van der Waals surface area contributed by atoms with E-state index in [4.69, 9.17) is 4.74 Å². The molecule has 0 spiro atoms. The van der Waals surface area contributed by atoms with Crippen LogP contribution in [0.4, 0.5) is 18.9 Å². The molecule has 8 nitrogen and oxygen atoms in total. The van der Waals surface area contributed by atoms with Gasteiger partial charge >= 0.3 is 0 Å². The van der Waals surface area contributed by atoms with Gasteiger partial charge in [0.25, 0.3) is 17.7 Å². The number of methoxy groups -OCH3 is 1. The Bertz CT molecular complexity index is 1510. The molecule has 5 rings (SSSR count). The van der Waals surface area contributed by atoms with E-state index < -0.39 is 23.6 Å². The topological polar surface area (TPSA) is 97.7 Å². The van der Waals surface area contributed by atoms with Crippen LogP contribution in [0.1, 0.15) is 27.0 Å². The zero-order valence-corrected chi connectivity index (χ0v) is 20.7. The van der Waals surface area contributed by atoms with Crippen molar-refractivity contribution in [3.05, 3.63) is 106 Å². The van der Waals surface area contributed by atoms with Gasteiger partial charge in [-0.3, -0.25) is 14.6 Å². The number of alkyl halides is 2. The van der Waals surface area contributed by atoms with Gasteiger partial charge in [-0.15, -0.1) is 0 Å². The molecule has 2 amide bonds. The summed E-state index contributed by atoms with van der Waals surface area (Å²) in [6, 6.07) is 15.8. The Hall–Kier alpha value is -4.82. The van der Waals surface area contributed by atoms with Gasteiger partial charge in [-0.2, -0.15) is 14.0 Å². The normalized spacial score (nSPS) is 15.2. The van der Waals surface area contributed by atoms with Crippen LogP contribution in [0.2, 0.25) is 0 Å². The maximum Gasteiger partial charge on any atom is 0.298 e. The first-order valence-corrected chi connectivity index (χ1v) is 11.9. The van der Waals surface area contributed by atoms with Crippen molar-refractivity contribution in [3.63, 3.8) is 0 Å². The van der Waals surface area contributed by atoms with E-state index in [1.54, 1.807) is 5.01 Å². The standard InChI is InChI=1S/C28H22F3N5O3/c1-39-24-11-2-17(14-18(24)15-32)26(37)34-23-16-33-36-13-12-35(27(38)25(23)36)22-9-5-20(6-10-22)28(30,31)19-3-7-21(29)8-4-19/h2-11,14,33H,12-13,16H2,1H3,(H,34,37). The maximum absolute atomic E-state index is 15.0. The second-order valence-corrected chi connectivity index (χ2v) is 8.88. The summed E-state index contributed by atoms with van der Waals surface area (Å²) in [6.45, 7) is 0.883. The van der Waals surface area contributed by atoms with E-state index >= 15 is 0 Å². The third-order valence-electron chi connectivity index (χ3n) is 6.59. The van der Waals surface area contributed by atoms with Crippen LogP contribution in [0.3, 0.4) is 0 Å². The number of benzene rings is 3. The Balaban J connectivity index is 1.36. The first-order chi connectivity index (χ1) is 18.7. The van der Waals surface area contributed by atoms with Crippen molar-refractivity contribution in [1.29, 1.82) is 5.26 Å². The van der Waals surface area contributed by atoms with Crippen LogP contribution < -0.4 is 20.4 Å². The summed E-state index contributed by atoms with van der Waals surface area (Å²) >= 11 is 0. The fourth-order valence-electron chi connectivity index (χ4n) is 4.54. The third kappa shape index (κ3) is 4.78. The Kier molecular flexibility index (Phi) is 6.72. The molecule has 1 fully saturated rings. The number of hydrazine groups is 1. The highest BCUT2D eigenvalue weighted by Crippen LogP contribution is 2.37. The monoisotopic (exact) mass is 533 g/mol. The highest BCUT2D eigenvalue weighted by molar-refractivity contribution is 6.07. The molecule has 1 saturated heterocycles. The van der Waals surface area contributed by atoms with Crippen LogP contribution in [0.25, 0.3) is 0 Å². The number of nitrogens with one attached hydrogen (secondary N) is 2. The number of carbonyl (C=O) groups excluding carboxylic acids is 2. The average Bonchev–Trinajstić information content (AvgIpc) is 3.36. The molecule has 198 valence electrons. The van der Waals surface area contributed by atoms with E-state index in [2.05, 4.69) is 10.7 Å². The Labute approximate surface area is 221 Å². The predicted octanol–water partition coefficient (Wildman–Crippen LogP) is 3.65. The Morgan fingerprint density at radius 1 is 1.05 bits per heavy atom. The second-order valence-electron chi connectivity index (χ2n) is 8.88. The fraction of sp³-hybridized carbons (Fsp3) is 0.179. The Morgan fingerprint density at radius 2 is 1.72 bits per heavy atom. The van der Waals surface area contributed by atoms with E-state index in [1.165, 1.54) is 54.5 Å². The number of anilines is 1. The molecule has 2 heterocycles. The summed E-state index contributed by atoms with van der Waals surface area (Å²) in [7, 11) is 1.42. The number of nitriles is 1. The second kappa shape index (κ2) is 10.2. The lowest BCUT2D eigenvalue weighted by Gasteiger charge is -2.34. The van der Waals surface area contributed by atoms with Crippen molar-refractivity contribution in [2.24, 2.45) is 0 Å². The van der Waals surface area contributed by atoms with Gasteiger partial charge in [-0.1, -0.05) is 12.1 Å². The molecule has 2 aliphatic rings. The minimum absolute atomic E-state index is 0.197. The largest absolute Gasteiger partial charge is 0.495 e. The molecule has 0 unspecified atom stereocenters. The number of carbonyl (C=O) groups is 2. The van der Waals surface area contributed by atoms with Gasteiger partial charge in [-0.25, -0.2) is 9.82 Å². The molecule has 2 aliphatic heterocycles. The van der Waals surface area contributed by atoms with E-state index in [0.717, 1.165) is 24.3 Å². The molecular formula is C28H22F3N5O3. The molecule has 0 radical (unpaired) electrons. The van der Waals surface area contributed by atoms with Crippen molar-refractivity contribution < 1.29 is 27.5 Å². The SMILES string of the molecule is COc1ccc(C(=O)NC2=C3C(=O)N(c4ccc(C(F)(F)c5ccc(F)cc5)cc4)CCN3NC2)cc1C#N. The van der Waals surface area contributed by atoms with Crippen LogP contribution in [0.15, 0.2) is 78.1 Å². The number of fused-ring (bicyclic) bond motifs is 1. The van der Waals surface area contributed by atoms with Gasteiger partial charge in [0.2, 0.25) is 0 Å². The molecular weight excluding hydrogens is 511 g/mol. The molecule has 0 atom stereocenters. The first-order valence-electron chi connectivity index (χ1n) is 11.9. The number of ether oxygens (including phenoxy) is 1. The van der Waals surface area contributed by atoms with Crippen LogP contribution in [0, 0.1) is 17.1 Å². The molecule has 3 aromatic rings. The van der Waals surface area contributed by atoms with E-state index in [9.17, 15) is 28.0 Å². The number of nitrogens with zero attached hydrogens (tertiary/aromatic N) is 3. The van der Waals surface area contributed by atoms with Gasteiger partial charge in [0.15, 0.2) is 0 Å².